The first kappa shape index (κ1) is 9.27. The van der Waals surface area contributed by atoms with Gasteiger partial charge < -0.3 is 4.42 Å². The fourth-order valence-corrected chi connectivity index (χ4v) is 1.42. The van der Waals surface area contributed by atoms with Crippen LogP contribution in [0.4, 0.5) is 0 Å². The standard InChI is InChI=1S/C9H10ClN3O/c1-7(10)9-4-11-12-13(9)5-8-2-3-14-6-8/h2-4,6-7H,5H2,1H3. The Hall–Kier alpha value is -1.29. The number of halogens is 1. The van der Waals surface area contributed by atoms with Crippen molar-refractivity contribution in [2.45, 2.75) is 18.8 Å². The summed E-state index contributed by atoms with van der Waals surface area (Å²) in [5.41, 5.74) is 1.96. The largest absolute Gasteiger partial charge is 0.472 e. The Bertz CT molecular complexity index is 394. The molecular weight excluding hydrogens is 202 g/mol. The van der Waals surface area contributed by atoms with Gasteiger partial charge in [-0.1, -0.05) is 5.21 Å². The molecule has 0 aliphatic heterocycles. The molecule has 74 valence electrons. The second-order valence-electron chi connectivity index (χ2n) is 3.06. The van der Waals surface area contributed by atoms with Gasteiger partial charge in [0.1, 0.15) is 0 Å². The van der Waals surface area contributed by atoms with Crippen LogP contribution in [0.25, 0.3) is 0 Å². The summed E-state index contributed by atoms with van der Waals surface area (Å²) in [6, 6.07) is 1.89. The van der Waals surface area contributed by atoms with Crippen LogP contribution in [0.1, 0.15) is 23.6 Å². The molecule has 2 aromatic heterocycles. The summed E-state index contributed by atoms with van der Waals surface area (Å²) in [6.45, 7) is 2.54. The van der Waals surface area contributed by atoms with Gasteiger partial charge in [-0.05, 0) is 13.0 Å². The normalized spacial score (nSPS) is 13.0. The fraction of sp³-hybridized carbons (Fsp3) is 0.333. The molecule has 2 heterocycles. The monoisotopic (exact) mass is 211 g/mol. The van der Waals surface area contributed by atoms with E-state index in [1.54, 1.807) is 23.4 Å². The summed E-state index contributed by atoms with van der Waals surface area (Å²) in [4.78, 5) is 0. The van der Waals surface area contributed by atoms with E-state index in [1.807, 2.05) is 13.0 Å². The topological polar surface area (TPSA) is 43.9 Å². The molecule has 0 aliphatic rings. The van der Waals surface area contributed by atoms with Gasteiger partial charge in [-0.25, -0.2) is 4.68 Å². The van der Waals surface area contributed by atoms with Gasteiger partial charge in [-0.3, -0.25) is 0 Å². The molecule has 0 bridgehead atoms. The summed E-state index contributed by atoms with van der Waals surface area (Å²) in [7, 11) is 0. The van der Waals surface area contributed by atoms with E-state index in [0.29, 0.717) is 6.54 Å². The zero-order valence-electron chi connectivity index (χ0n) is 7.72. The Labute approximate surface area is 86.5 Å². The van der Waals surface area contributed by atoms with Crippen LogP contribution >= 0.6 is 11.6 Å². The lowest BCUT2D eigenvalue weighted by Crippen LogP contribution is -2.06. The maximum absolute atomic E-state index is 5.97. The van der Waals surface area contributed by atoms with Crippen molar-refractivity contribution in [1.82, 2.24) is 15.0 Å². The highest BCUT2D eigenvalue weighted by Gasteiger charge is 2.09. The number of nitrogens with zero attached hydrogens (tertiary/aromatic N) is 3. The second-order valence-corrected chi connectivity index (χ2v) is 3.72. The fourth-order valence-electron chi connectivity index (χ4n) is 1.25. The molecule has 2 rings (SSSR count). The van der Waals surface area contributed by atoms with E-state index >= 15 is 0 Å². The first-order valence-corrected chi connectivity index (χ1v) is 4.74. The van der Waals surface area contributed by atoms with Gasteiger partial charge in [0.25, 0.3) is 0 Å². The molecule has 0 spiro atoms. The highest BCUT2D eigenvalue weighted by atomic mass is 35.5. The van der Waals surface area contributed by atoms with E-state index in [1.165, 1.54) is 0 Å². The number of rotatable bonds is 3. The van der Waals surface area contributed by atoms with E-state index in [0.717, 1.165) is 11.3 Å². The summed E-state index contributed by atoms with van der Waals surface area (Å²) in [6.07, 6.45) is 5.00. The molecule has 0 fully saturated rings. The van der Waals surface area contributed by atoms with Crippen molar-refractivity contribution >= 4 is 11.6 Å². The van der Waals surface area contributed by atoms with E-state index < -0.39 is 0 Å². The predicted molar refractivity (Wildman–Crippen MR) is 52.1 cm³/mol. The van der Waals surface area contributed by atoms with Crippen LogP contribution in [0.2, 0.25) is 0 Å². The van der Waals surface area contributed by atoms with Gasteiger partial charge in [0, 0.05) is 5.56 Å². The van der Waals surface area contributed by atoms with Crippen LogP contribution < -0.4 is 0 Å². The van der Waals surface area contributed by atoms with Crippen molar-refractivity contribution in [3.63, 3.8) is 0 Å². The average Bonchev–Trinajstić information content (AvgIpc) is 2.75. The Morgan fingerprint density at radius 2 is 2.50 bits per heavy atom. The summed E-state index contributed by atoms with van der Waals surface area (Å²) in [5, 5.41) is 7.69. The van der Waals surface area contributed by atoms with E-state index in [2.05, 4.69) is 10.3 Å². The summed E-state index contributed by atoms with van der Waals surface area (Å²) < 4.78 is 6.74. The zero-order valence-corrected chi connectivity index (χ0v) is 8.48. The Kier molecular flexibility index (Phi) is 2.54. The van der Waals surface area contributed by atoms with Crippen LogP contribution in [0.3, 0.4) is 0 Å². The number of hydrogen-bond acceptors (Lipinski definition) is 3. The number of hydrogen-bond donors (Lipinski definition) is 0. The molecule has 0 N–H and O–H groups in total. The van der Waals surface area contributed by atoms with Crippen LogP contribution in [0.15, 0.2) is 29.2 Å². The van der Waals surface area contributed by atoms with Crippen molar-refractivity contribution in [2.24, 2.45) is 0 Å². The smallest absolute Gasteiger partial charge is 0.0953 e. The predicted octanol–water partition coefficient (Wildman–Crippen LogP) is 2.22. The van der Waals surface area contributed by atoms with Crippen molar-refractivity contribution in [2.75, 3.05) is 0 Å². The number of furan rings is 1. The minimum Gasteiger partial charge on any atom is -0.472 e. The van der Waals surface area contributed by atoms with E-state index in [-0.39, 0.29) is 5.38 Å². The van der Waals surface area contributed by atoms with Gasteiger partial charge in [-0.15, -0.1) is 16.7 Å². The molecule has 1 atom stereocenters. The first-order chi connectivity index (χ1) is 6.77. The minimum absolute atomic E-state index is 0.0862. The molecule has 2 aromatic rings. The highest BCUT2D eigenvalue weighted by Crippen LogP contribution is 2.18. The van der Waals surface area contributed by atoms with Crippen LogP contribution in [-0.2, 0) is 6.54 Å². The van der Waals surface area contributed by atoms with Gasteiger partial charge >= 0.3 is 0 Å². The molecule has 1 unspecified atom stereocenters. The van der Waals surface area contributed by atoms with Gasteiger partial charge in [0.2, 0.25) is 0 Å². The third-order valence-corrected chi connectivity index (χ3v) is 2.19. The van der Waals surface area contributed by atoms with E-state index in [9.17, 15) is 0 Å². The zero-order chi connectivity index (χ0) is 9.97. The van der Waals surface area contributed by atoms with Crippen molar-refractivity contribution in [3.8, 4) is 0 Å². The highest BCUT2D eigenvalue weighted by molar-refractivity contribution is 6.20. The summed E-state index contributed by atoms with van der Waals surface area (Å²) >= 11 is 5.97. The lowest BCUT2D eigenvalue weighted by molar-refractivity contribution is 0.555. The molecule has 0 saturated heterocycles. The Morgan fingerprint density at radius 3 is 3.14 bits per heavy atom. The number of alkyl halides is 1. The first-order valence-electron chi connectivity index (χ1n) is 4.31. The van der Waals surface area contributed by atoms with Gasteiger partial charge in [0.05, 0.1) is 36.3 Å². The molecule has 0 aliphatic carbocycles. The lowest BCUT2D eigenvalue weighted by Gasteiger charge is -2.05. The maximum atomic E-state index is 5.97. The minimum atomic E-state index is -0.0862. The number of aromatic nitrogens is 3. The van der Waals surface area contributed by atoms with Crippen molar-refractivity contribution < 1.29 is 4.42 Å². The maximum Gasteiger partial charge on any atom is 0.0953 e. The second kappa shape index (κ2) is 3.84. The van der Waals surface area contributed by atoms with Gasteiger partial charge in [0.15, 0.2) is 0 Å². The van der Waals surface area contributed by atoms with Crippen LogP contribution in [-0.4, -0.2) is 15.0 Å². The molecule has 5 heteroatoms. The molecule has 0 radical (unpaired) electrons. The Balaban J connectivity index is 2.21. The third-order valence-electron chi connectivity index (χ3n) is 1.97. The summed E-state index contributed by atoms with van der Waals surface area (Å²) in [5.74, 6) is 0. The molecule has 0 saturated carbocycles. The molecule has 0 amide bonds. The van der Waals surface area contributed by atoms with Crippen LogP contribution in [0.5, 0.6) is 0 Å². The molecule has 4 nitrogen and oxygen atoms in total. The molecule has 14 heavy (non-hydrogen) atoms. The van der Waals surface area contributed by atoms with Crippen molar-refractivity contribution in [3.05, 3.63) is 36.0 Å². The lowest BCUT2D eigenvalue weighted by atomic mass is 10.3. The van der Waals surface area contributed by atoms with E-state index in [4.69, 9.17) is 16.0 Å². The van der Waals surface area contributed by atoms with Gasteiger partial charge in [-0.2, -0.15) is 0 Å². The quantitative estimate of drug-likeness (QED) is 0.732. The third kappa shape index (κ3) is 1.80. The molecular formula is C9H10ClN3O. The van der Waals surface area contributed by atoms with Crippen LogP contribution in [0, 0.1) is 0 Å². The average molecular weight is 212 g/mol. The Morgan fingerprint density at radius 1 is 1.64 bits per heavy atom. The SMILES string of the molecule is CC(Cl)c1cnnn1Cc1ccoc1. The molecule has 0 aromatic carbocycles. The van der Waals surface area contributed by atoms with Crippen molar-refractivity contribution in [1.29, 1.82) is 0 Å².